The normalized spacial score (nSPS) is 10.5. The monoisotopic (exact) mass is 339 g/mol. The minimum Gasteiger partial charge on any atom is -0.299 e. The van der Waals surface area contributed by atoms with Crippen molar-refractivity contribution in [1.29, 1.82) is 5.26 Å². The van der Waals surface area contributed by atoms with Crippen molar-refractivity contribution in [3.63, 3.8) is 0 Å². The Morgan fingerprint density at radius 3 is 2.44 bits per heavy atom. The van der Waals surface area contributed by atoms with E-state index in [4.69, 9.17) is 5.26 Å². The summed E-state index contributed by atoms with van der Waals surface area (Å²) in [4.78, 5) is 37.5. The Balaban J connectivity index is 2.54. The smallest absolute Gasteiger partial charge is 0.299 e. The van der Waals surface area contributed by atoms with Gasteiger partial charge in [0.1, 0.15) is 11.6 Å². The molecule has 0 atom stereocenters. The molecule has 6 nitrogen and oxygen atoms in total. The number of carbonyl (C=O) groups excluding carboxylic acids is 1. The molecular formula is C19H21N3O3. The van der Waals surface area contributed by atoms with Gasteiger partial charge in [-0.3, -0.25) is 18.7 Å². The molecule has 1 heterocycles. The minimum atomic E-state index is -0.727. The number of Topliss-reactive ketones (excluding diaryl/α,β-unsaturated/α-hetero) is 1. The van der Waals surface area contributed by atoms with Crippen molar-refractivity contribution in [3.8, 4) is 6.07 Å². The standard InChI is InChI=1S/C19H21N3O3/c1-4-13-7-8-14(5-2)16(9-13)17(23)12-22-18(24)15(10-20)11-21(6-3)19(22)25/h7-9,11H,4-6,12H2,1-3H3. The molecule has 0 unspecified atom stereocenters. The SMILES string of the molecule is CCc1ccc(CC)c(C(=O)Cn2c(=O)c(C#N)cn(CC)c2=O)c1. The molecule has 0 aliphatic rings. The Labute approximate surface area is 146 Å². The lowest BCUT2D eigenvalue weighted by molar-refractivity contribution is 0.0967. The fourth-order valence-corrected chi connectivity index (χ4v) is 2.74. The number of rotatable bonds is 6. The maximum absolute atomic E-state index is 12.8. The minimum absolute atomic E-state index is 0.146. The van der Waals surface area contributed by atoms with Gasteiger partial charge in [0.05, 0.1) is 6.54 Å². The summed E-state index contributed by atoms with van der Waals surface area (Å²) in [6.45, 7) is 5.63. The first-order valence-corrected chi connectivity index (χ1v) is 8.36. The van der Waals surface area contributed by atoms with Crippen LogP contribution in [-0.2, 0) is 25.9 Å². The van der Waals surface area contributed by atoms with Crippen molar-refractivity contribution in [2.75, 3.05) is 0 Å². The van der Waals surface area contributed by atoms with E-state index < -0.39 is 11.2 Å². The summed E-state index contributed by atoms with van der Waals surface area (Å²) in [6, 6.07) is 7.49. The second kappa shape index (κ2) is 7.75. The molecule has 0 aliphatic heterocycles. The summed E-state index contributed by atoms with van der Waals surface area (Å²) >= 11 is 0. The number of hydrogen-bond acceptors (Lipinski definition) is 4. The van der Waals surface area contributed by atoms with Gasteiger partial charge in [-0.25, -0.2) is 4.79 Å². The number of benzene rings is 1. The average molecular weight is 339 g/mol. The molecule has 0 bridgehead atoms. The van der Waals surface area contributed by atoms with Crippen molar-refractivity contribution in [2.45, 2.75) is 46.7 Å². The van der Waals surface area contributed by atoms with Crippen LogP contribution < -0.4 is 11.2 Å². The number of hydrogen-bond donors (Lipinski definition) is 0. The van der Waals surface area contributed by atoms with Gasteiger partial charge in [-0.05, 0) is 37.0 Å². The van der Waals surface area contributed by atoms with E-state index >= 15 is 0 Å². The molecule has 0 spiro atoms. The van der Waals surface area contributed by atoms with Crippen LogP contribution in [0.2, 0.25) is 0 Å². The maximum Gasteiger partial charge on any atom is 0.331 e. The Bertz CT molecular complexity index is 961. The first kappa shape index (κ1) is 18.4. The molecule has 6 heteroatoms. The number of nitriles is 1. The van der Waals surface area contributed by atoms with Crippen LogP contribution in [0.4, 0.5) is 0 Å². The van der Waals surface area contributed by atoms with Crippen LogP contribution in [0.3, 0.4) is 0 Å². The van der Waals surface area contributed by atoms with E-state index in [0.717, 1.165) is 22.1 Å². The summed E-state index contributed by atoms with van der Waals surface area (Å²) < 4.78 is 2.11. The topological polar surface area (TPSA) is 84.9 Å². The number of aryl methyl sites for hydroxylation is 3. The van der Waals surface area contributed by atoms with Crippen LogP contribution in [0.15, 0.2) is 34.0 Å². The summed E-state index contributed by atoms with van der Waals surface area (Å²) in [5, 5.41) is 9.09. The Morgan fingerprint density at radius 2 is 1.88 bits per heavy atom. The molecule has 0 radical (unpaired) electrons. The zero-order chi connectivity index (χ0) is 18.6. The van der Waals surface area contributed by atoms with E-state index in [1.54, 1.807) is 13.0 Å². The van der Waals surface area contributed by atoms with E-state index in [1.165, 1.54) is 10.8 Å². The van der Waals surface area contributed by atoms with Crippen LogP contribution in [-0.4, -0.2) is 14.9 Å². The Kier molecular flexibility index (Phi) is 5.71. The number of ketones is 1. The fourth-order valence-electron chi connectivity index (χ4n) is 2.74. The maximum atomic E-state index is 12.8. The number of carbonyl (C=O) groups is 1. The highest BCUT2D eigenvalue weighted by Gasteiger charge is 2.17. The lowest BCUT2D eigenvalue weighted by Crippen LogP contribution is -2.42. The van der Waals surface area contributed by atoms with Gasteiger partial charge in [0.2, 0.25) is 0 Å². The molecule has 0 amide bonds. The van der Waals surface area contributed by atoms with E-state index in [-0.39, 0.29) is 17.9 Å². The molecule has 0 fully saturated rings. The highest BCUT2D eigenvalue weighted by Crippen LogP contribution is 2.15. The molecule has 2 rings (SSSR count). The predicted molar refractivity (Wildman–Crippen MR) is 94.9 cm³/mol. The van der Waals surface area contributed by atoms with Gasteiger partial charge in [-0.15, -0.1) is 0 Å². The van der Waals surface area contributed by atoms with Crippen molar-refractivity contribution in [3.05, 3.63) is 67.5 Å². The van der Waals surface area contributed by atoms with E-state index in [9.17, 15) is 14.4 Å². The van der Waals surface area contributed by atoms with E-state index in [1.807, 2.05) is 32.0 Å². The van der Waals surface area contributed by atoms with Crippen LogP contribution in [0, 0.1) is 11.3 Å². The highest BCUT2D eigenvalue weighted by atomic mass is 16.2. The molecule has 1 aromatic carbocycles. The van der Waals surface area contributed by atoms with Gasteiger partial charge in [0.25, 0.3) is 5.56 Å². The van der Waals surface area contributed by atoms with Crippen LogP contribution in [0.25, 0.3) is 0 Å². The number of aromatic nitrogens is 2. The second-order valence-corrected chi connectivity index (χ2v) is 5.74. The fraction of sp³-hybridized carbons (Fsp3) is 0.368. The second-order valence-electron chi connectivity index (χ2n) is 5.74. The van der Waals surface area contributed by atoms with Gasteiger partial charge in [0.15, 0.2) is 5.78 Å². The predicted octanol–water partition coefficient (Wildman–Crippen LogP) is 1.91. The van der Waals surface area contributed by atoms with Crippen molar-refractivity contribution in [1.82, 2.24) is 9.13 Å². The van der Waals surface area contributed by atoms with Gasteiger partial charge in [-0.2, -0.15) is 5.26 Å². The summed E-state index contributed by atoms with van der Waals surface area (Å²) in [7, 11) is 0. The molecule has 0 saturated heterocycles. The largest absolute Gasteiger partial charge is 0.331 e. The highest BCUT2D eigenvalue weighted by molar-refractivity contribution is 5.97. The lowest BCUT2D eigenvalue weighted by atomic mass is 9.97. The average Bonchev–Trinajstić information content (AvgIpc) is 2.64. The summed E-state index contributed by atoms with van der Waals surface area (Å²) in [5.41, 5.74) is 0.970. The van der Waals surface area contributed by atoms with Crippen LogP contribution in [0.5, 0.6) is 0 Å². The van der Waals surface area contributed by atoms with Crippen molar-refractivity contribution >= 4 is 5.78 Å². The van der Waals surface area contributed by atoms with Crippen LogP contribution >= 0.6 is 0 Å². The van der Waals surface area contributed by atoms with E-state index in [2.05, 4.69) is 0 Å². The van der Waals surface area contributed by atoms with E-state index in [0.29, 0.717) is 18.5 Å². The third-order valence-corrected chi connectivity index (χ3v) is 4.26. The zero-order valence-electron chi connectivity index (χ0n) is 14.7. The lowest BCUT2D eigenvalue weighted by Gasteiger charge is -2.12. The summed E-state index contributed by atoms with van der Waals surface area (Å²) in [6.07, 6.45) is 2.70. The first-order chi connectivity index (χ1) is 12.0. The molecule has 25 heavy (non-hydrogen) atoms. The number of nitrogens with zero attached hydrogens (tertiary/aromatic N) is 3. The Hall–Kier alpha value is -2.94. The molecule has 0 aliphatic carbocycles. The molecule has 1 aromatic heterocycles. The molecule has 0 saturated carbocycles. The molecular weight excluding hydrogens is 318 g/mol. The third kappa shape index (κ3) is 3.61. The van der Waals surface area contributed by atoms with Gasteiger partial charge >= 0.3 is 5.69 Å². The molecule has 0 N–H and O–H groups in total. The third-order valence-electron chi connectivity index (χ3n) is 4.26. The van der Waals surface area contributed by atoms with Gasteiger partial charge in [0, 0.05) is 18.3 Å². The van der Waals surface area contributed by atoms with Gasteiger partial charge < -0.3 is 0 Å². The zero-order valence-corrected chi connectivity index (χ0v) is 14.7. The van der Waals surface area contributed by atoms with Crippen LogP contribution in [0.1, 0.15) is 47.8 Å². The molecule has 130 valence electrons. The molecule has 2 aromatic rings. The quantitative estimate of drug-likeness (QED) is 0.753. The van der Waals surface area contributed by atoms with Crippen molar-refractivity contribution < 1.29 is 4.79 Å². The first-order valence-electron chi connectivity index (χ1n) is 8.36. The summed E-state index contributed by atoms with van der Waals surface area (Å²) in [5.74, 6) is -0.302. The Morgan fingerprint density at radius 1 is 1.16 bits per heavy atom. The van der Waals surface area contributed by atoms with Crippen molar-refractivity contribution in [2.24, 2.45) is 0 Å². The van der Waals surface area contributed by atoms with Gasteiger partial charge in [-0.1, -0.05) is 26.0 Å².